The van der Waals surface area contributed by atoms with Crippen molar-refractivity contribution in [2.75, 3.05) is 20.3 Å². The van der Waals surface area contributed by atoms with Crippen LogP contribution in [0.15, 0.2) is 18.2 Å². The topological polar surface area (TPSA) is 47.6 Å². The van der Waals surface area contributed by atoms with E-state index in [1.165, 1.54) is 11.1 Å². The van der Waals surface area contributed by atoms with Crippen LogP contribution < -0.4 is 10.1 Å². The third-order valence-electron chi connectivity index (χ3n) is 4.11. The fraction of sp³-hybridized carbons (Fsp3) is 0.611. The molecule has 0 amide bonds. The third kappa shape index (κ3) is 5.02. The molecule has 4 nitrogen and oxygen atoms in total. The highest BCUT2D eigenvalue weighted by Gasteiger charge is 2.25. The number of carbonyl (C=O) groups is 1. The van der Waals surface area contributed by atoms with Crippen LogP contribution in [0.2, 0.25) is 0 Å². The molecule has 1 N–H and O–H groups in total. The standard InChI is InChI=1S/C18H29NO3/c1-6-18(4,19-12-8-9-17(20)22-7-2)16-11-10-15(21-5)13-14(16)3/h10-11,13,19H,6-9,12H2,1-5H3. The summed E-state index contributed by atoms with van der Waals surface area (Å²) >= 11 is 0. The molecule has 1 aromatic rings. The minimum atomic E-state index is -0.122. The Labute approximate surface area is 134 Å². The number of benzene rings is 1. The Morgan fingerprint density at radius 1 is 1.32 bits per heavy atom. The fourth-order valence-corrected chi connectivity index (χ4v) is 2.62. The van der Waals surface area contributed by atoms with E-state index in [1.54, 1.807) is 7.11 Å². The number of ether oxygens (including phenoxy) is 2. The summed E-state index contributed by atoms with van der Waals surface area (Å²) in [6.07, 6.45) is 2.21. The Hall–Kier alpha value is -1.55. The number of aryl methyl sites for hydroxylation is 1. The molecule has 124 valence electrons. The van der Waals surface area contributed by atoms with Crippen LogP contribution in [0.4, 0.5) is 0 Å². The molecule has 1 rings (SSSR count). The van der Waals surface area contributed by atoms with Gasteiger partial charge in [0.05, 0.1) is 13.7 Å². The molecule has 0 aliphatic carbocycles. The summed E-state index contributed by atoms with van der Waals surface area (Å²) in [6, 6.07) is 6.18. The van der Waals surface area contributed by atoms with Gasteiger partial charge in [0.25, 0.3) is 0 Å². The van der Waals surface area contributed by atoms with E-state index in [-0.39, 0.29) is 11.5 Å². The molecule has 0 saturated heterocycles. The van der Waals surface area contributed by atoms with Crippen molar-refractivity contribution in [2.24, 2.45) is 0 Å². The number of esters is 1. The summed E-state index contributed by atoms with van der Waals surface area (Å²) in [5.74, 6) is 0.755. The maximum atomic E-state index is 11.4. The first-order valence-electron chi connectivity index (χ1n) is 8.02. The molecule has 1 aromatic carbocycles. The third-order valence-corrected chi connectivity index (χ3v) is 4.11. The Bertz CT molecular complexity index is 487. The monoisotopic (exact) mass is 307 g/mol. The molecule has 22 heavy (non-hydrogen) atoms. The van der Waals surface area contributed by atoms with Crippen LogP contribution in [0.3, 0.4) is 0 Å². The molecular formula is C18H29NO3. The van der Waals surface area contributed by atoms with Crippen molar-refractivity contribution in [2.45, 2.75) is 52.5 Å². The molecule has 0 aliphatic rings. The molecule has 1 unspecified atom stereocenters. The van der Waals surface area contributed by atoms with Crippen molar-refractivity contribution in [3.8, 4) is 5.75 Å². The van der Waals surface area contributed by atoms with Gasteiger partial charge in [0.2, 0.25) is 0 Å². The molecule has 0 aromatic heterocycles. The molecule has 0 fully saturated rings. The van der Waals surface area contributed by atoms with Gasteiger partial charge in [0, 0.05) is 12.0 Å². The zero-order chi connectivity index (χ0) is 16.6. The lowest BCUT2D eigenvalue weighted by Gasteiger charge is -2.32. The molecule has 4 heteroatoms. The molecule has 0 radical (unpaired) electrons. The van der Waals surface area contributed by atoms with Crippen LogP contribution in [-0.4, -0.2) is 26.2 Å². The highest BCUT2D eigenvalue weighted by Crippen LogP contribution is 2.29. The van der Waals surface area contributed by atoms with Crippen LogP contribution in [0.1, 0.15) is 51.2 Å². The van der Waals surface area contributed by atoms with Crippen molar-refractivity contribution in [1.29, 1.82) is 0 Å². The van der Waals surface area contributed by atoms with Gasteiger partial charge in [-0.2, -0.15) is 0 Å². The predicted octanol–water partition coefficient (Wildman–Crippen LogP) is 3.56. The van der Waals surface area contributed by atoms with E-state index in [0.29, 0.717) is 13.0 Å². The van der Waals surface area contributed by atoms with E-state index >= 15 is 0 Å². The average Bonchev–Trinajstić information content (AvgIpc) is 2.51. The van der Waals surface area contributed by atoms with Gasteiger partial charge >= 0.3 is 5.97 Å². The van der Waals surface area contributed by atoms with E-state index in [2.05, 4.69) is 38.2 Å². The summed E-state index contributed by atoms with van der Waals surface area (Å²) in [6.45, 7) is 9.54. The number of rotatable bonds is 9. The predicted molar refractivity (Wildman–Crippen MR) is 89.2 cm³/mol. The molecule has 0 aliphatic heterocycles. The number of hydrogen-bond acceptors (Lipinski definition) is 4. The zero-order valence-corrected chi connectivity index (χ0v) is 14.5. The highest BCUT2D eigenvalue weighted by molar-refractivity contribution is 5.69. The SMILES string of the molecule is CCOC(=O)CCCNC(C)(CC)c1ccc(OC)cc1C. The maximum Gasteiger partial charge on any atom is 0.305 e. The maximum absolute atomic E-state index is 11.4. The summed E-state index contributed by atoms with van der Waals surface area (Å²) in [5, 5.41) is 3.59. The Morgan fingerprint density at radius 2 is 2.05 bits per heavy atom. The fourth-order valence-electron chi connectivity index (χ4n) is 2.62. The molecule has 1 atom stereocenters. The van der Waals surface area contributed by atoms with Gasteiger partial charge in [0.1, 0.15) is 5.75 Å². The number of nitrogens with one attached hydrogen (secondary N) is 1. The normalized spacial score (nSPS) is 13.5. The molecular weight excluding hydrogens is 278 g/mol. The van der Waals surface area contributed by atoms with Crippen molar-refractivity contribution < 1.29 is 14.3 Å². The minimum Gasteiger partial charge on any atom is -0.497 e. The van der Waals surface area contributed by atoms with Gasteiger partial charge in [0.15, 0.2) is 0 Å². The lowest BCUT2D eigenvalue weighted by molar-refractivity contribution is -0.143. The number of hydrogen-bond donors (Lipinski definition) is 1. The van der Waals surface area contributed by atoms with E-state index in [9.17, 15) is 4.79 Å². The quantitative estimate of drug-likeness (QED) is 0.560. The molecule has 0 heterocycles. The summed E-state index contributed by atoms with van der Waals surface area (Å²) in [4.78, 5) is 11.4. The van der Waals surface area contributed by atoms with Crippen molar-refractivity contribution in [3.05, 3.63) is 29.3 Å². The smallest absolute Gasteiger partial charge is 0.305 e. The van der Waals surface area contributed by atoms with E-state index in [1.807, 2.05) is 13.0 Å². The first kappa shape index (κ1) is 18.5. The first-order chi connectivity index (χ1) is 10.5. The van der Waals surface area contributed by atoms with Crippen molar-refractivity contribution in [3.63, 3.8) is 0 Å². The second kappa shape index (κ2) is 8.79. The lowest BCUT2D eigenvalue weighted by atomic mass is 9.86. The van der Waals surface area contributed by atoms with Crippen molar-refractivity contribution in [1.82, 2.24) is 5.32 Å². The van der Waals surface area contributed by atoms with Crippen LogP contribution in [0.25, 0.3) is 0 Å². The van der Waals surface area contributed by atoms with Crippen LogP contribution in [0, 0.1) is 6.92 Å². The Balaban J connectivity index is 2.66. The largest absolute Gasteiger partial charge is 0.497 e. The van der Waals surface area contributed by atoms with Gasteiger partial charge in [-0.1, -0.05) is 13.0 Å². The van der Waals surface area contributed by atoms with Gasteiger partial charge in [-0.3, -0.25) is 4.79 Å². The average molecular weight is 307 g/mol. The van der Waals surface area contributed by atoms with Crippen molar-refractivity contribution >= 4 is 5.97 Å². The summed E-state index contributed by atoms with van der Waals surface area (Å²) < 4.78 is 10.2. The molecule has 0 saturated carbocycles. The van der Waals surface area contributed by atoms with Crippen LogP contribution in [-0.2, 0) is 15.1 Å². The molecule has 0 spiro atoms. The van der Waals surface area contributed by atoms with Crippen LogP contribution >= 0.6 is 0 Å². The minimum absolute atomic E-state index is 0.106. The second-order valence-corrected chi connectivity index (χ2v) is 5.70. The van der Waals surface area contributed by atoms with E-state index < -0.39 is 0 Å². The lowest BCUT2D eigenvalue weighted by Crippen LogP contribution is -2.40. The van der Waals surface area contributed by atoms with E-state index in [4.69, 9.17) is 9.47 Å². The zero-order valence-electron chi connectivity index (χ0n) is 14.5. The van der Waals surface area contributed by atoms with Gasteiger partial charge in [-0.15, -0.1) is 0 Å². The molecule has 0 bridgehead atoms. The van der Waals surface area contributed by atoms with Gasteiger partial charge in [-0.25, -0.2) is 0 Å². The number of carbonyl (C=O) groups excluding carboxylic acids is 1. The summed E-state index contributed by atoms with van der Waals surface area (Å²) in [7, 11) is 1.68. The second-order valence-electron chi connectivity index (χ2n) is 5.70. The summed E-state index contributed by atoms with van der Waals surface area (Å²) in [5.41, 5.74) is 2.37. The first-order valence-corrected chi connectivity index (χ1v) is 8.02. The van der Waals surface area contributed by atoms with Gasteiger partial charge in [-0.05, 0) is 63.4 Å². The highest BCUT2D eigenvalue weighted by atomic mass is 16.5. The number of methoxy groups -OCH3 is 1. The Kier molecular flexibility index (Phi) is 7.39. The van der Waals surface area contributed by atoms with Gasteiger partial charge < -0.3 is 14.8 Å². The Morgan fingerprint density at radius 3 is 2.59 bits per heavy atom. The van der Waals surface area contributed by atoms with Crippen LogP contribution in [0.5, 0.6) is 5.75 Å². The van der Waals surface area contributed by atoms with E-state index in [0.717, 1.165) is 25.1 Å².